The van der Waals surface area contributed by atoms with E-state index >= 15 is 0 Å². The second-order valence-corrected chi connectivity index (χ2v) is 4.37. The predicted octanol–water partition coefficient (Wildman–Crippen LogP) is 2.15. The predicted molar refractivity (Wildman–Crippen MR) is 69.5 cm³/mol. The van der Waals surface area contributed by atoms with E-state index in [9.17, 15) is 4.79 Å². The van der Waals surface area contributed by atoms with Crippen LogP contribution in [0.15, 0.2) is 40.9 Å². The molecule has 2 rings (SSSR count). The molecule has 0 radical (unpaired) electrons. The molecule has 5 nitrogen and oxygen atoms in total. The summed E-state index contributed by atoms with van der Waals surface area (Å²) in [6.07, 6.45) is 0. The van der Waals surface area contributed by atoms with Crippen molar-refractivity contribution >= 4 is 5.97 Å². The molecule has 0 spiro atoms. The Labute approximate surface area is 111 Å². The summed E-state index contributed by atoms with van der Waals surface area (Å²) in [5.41, 5.74) is 1.63. The van der Waals surface area contributed by atoms with Crippen LogP contribution in [0.2, 0.25) is 0 Å². The summed E-state index contributed by atoms with van der Waals surface area (Å²) in [4.78, 5) is 10.8. The standard InChI is InChI=1S/C14H16N2O3/c1-10(14(17)18)13-7-12(19-16-13)9-15-8-11-5-3-2-4-6-11/h2-7,10,15H,8-9H2,1H3,(H,17,18). The first kappa shape index (κ1) is 13.3. The molecule has 19 heavy (non-hydrogen) atoms. The van der Waals surface area contributed by atoms with E-state index in [1.807, 2.05) is 30.3 Å². The van der Waals surface area contributed by atoms with Crippen LogP contribution < -0.4 is 5.32 Å². The molecule has 1 aromatic heterocycles. The minimum Gasteiger partial charge on any atom is -0.481 e. The van der Waals surface area contributed by atoms with Crippen LogP contribution in [-0.4, -0.2) is 16.2 Å². The number of aliphatic carboxylic acids is 1. The normalized spacial score (nSPS) is 12.3. The van der Waals surface area contributed by atoms with Gasteiger partial charge in [-0.1, -0.05) is 35.5 Å². The van der Waals surface area contributed by atoms with Crippen molar-refractivity contribution in [3.05, 3.63) is 53.4 Å². The van der Waals surface area contributed by atoms with E-state index in [2.05, 4.69) is 10.5 Å². The highest BCUT2D eigenvalue weighted by Gasteiger charge is 2.18. The van der Waals surface area contributed by atoms with Crippen LogP contribution in [-0.2, 0) is 17.9 Å². The summed E-state index contributed by atoms with van der Waals surface area (Å²) in [5, 5.41) is 15.9. The summed E-state index contributed by atoms with van der Waals surface area (Å²) >= 11 is 0. The SMILES string of the molecule is CC(C(=O)O)c1cc(CNCc2ccccc2)on1. The molecule has 1 heterocycles. The summed E-state index contributed by atoms with van der Waals surface area (Å²) in [6.45, 7) is 2.83. The fourth-order valence-corrected chi connectivity index (χ4v) is 1.67. The molecular formula is C14H16N2O3. The zero-order valence-corrected chi connectivity index (χ0v) is 10.7. The third kappa shape index (κ3) is 3.66. The number of aromatic nitrogens is 1. The van der Waals surface area contributed by atoms with Gasteiger partial charge in [0.15, 0.2) is 5.76 Å². The van der Waals surface area contributed by atoms with Crippen molar-refractivity contribution in [1.82, 2.24) is 10.5 Å². The van der Waals surface area contributed by atoms with Crippen LogP contribution in [0.25, 0.3) is 0 Å². The van der Waals surface area contributed by atoms with E-state index in [-0.39, 0.29) is 0 Å². The van der Waals surface area contributed by atoms with Gasteiger partial charge in [-0.3, -0.25) is 4.79 Å². The molecule has 0 aliphatic heterocycles. The van der Waals surface area contributed by atoms with Crippen molar-refractivity contribution in [3.8, 4) is 0 Å². The third-order valence-electron chi connectivity index (χ3n) is 2.86. The molecule has 0 bridgehead atoms. The van der Waals surface area contributed by atoms with Gasteiger partial charge < -0.3 is 14.9 Å². The highest BCUT2D eigenvalue weighted by Crippen LogP contribution is 2.15. The number of carboxylic acid groups (broad SMARTS) is 1. The number of nitrogens with zero attached hydrogens (tertiary/aromatic N) is 1. The molecule has 1 atom stereocenters. The van der Waals surface area contributed by atoms with Gasteiger partial charge in [0, 0.05) is 12.6 Å². The minimum atomic E-state index is -0.905. The largest absolute Gasteiger partial charge is 0.481 e. The first-order valence-corrected chi connectivity index (χ1v) is 6.09. The Bertz CT molecular complexity index is 537. The Morgan fingerprint density at radius 1 is 1.37 bits per heavy atom. The molecule has 0 amide bonds. The minimum absolute atomic E-state index is 0.448. The van der Waals surface area contributed by atoms with Crippen LogP contribution in [0.1, 0.15) is 29.9 Å². The summed E-state index contributed by atoms with van der Waals surface area (Å²) in [5.74, 6) is -0.914. The molecule has 2 N–H and O–H groups in total. The summed E-state index contributed by atoms with van der Waals surface area (Å²) in [6, 6.07) is 11.7. The van der Waals surface area contributed by atoms with Gasteiger partial charge in [-0.25, -0.2) is 0 Å². The van der Waals surface area contributed by atoms with E-state index in [0.717, 1.165) is 6.54 Å². The molecule has 1 unspecified atom stereocenters. The van der Waals surface area contributed by atoms with Crippen molar-refractivity contribution in [2.45, 2.75) is 25.9 Å². The second-order valence-electron chi connectivity index (χ2n) is 4.37. The van der Waals surface area contributed by atoms with Gasteiger partial charge in [0.2, 0.25) is 0 Å². The highest BCUT2D eigenvalue weighted by atomic mass is 16.5. The number of hydrogen-bond acceptors (Lipinski definition) is 4. The fourth-order valence-electron chi connectivity index (χ4n) is 1.67. The third-order valence-corrected chi connectivity index (χ3v) is 2.86. The first-order chi connectivity index (χ1) is 9.16. The Kier molecular flexibility index (Phi) is 4.30. The average Bonchev–Trinajstić information content (AvgIpc) is 2.88. The Morgan fingerprint density at radius 3 is 2.79 bits per heavy atom. The maximum atomic E-state index is 10.8. The smallest absolute Gasteiger partial charge is 0.312 e. The Morgan fingerprint density at radius 2 is 2.11 bits per heavy atom. The molecule has 0 fully saturated rings. The van der Waals surface area contributed by atoms with E-state index in [4.69, 9.17) is 9.63 Å². The van der Waals surface area contributed by atoms with Gasteiger partial charge in [0.25, 0.3) is 0 Å². The molecule has 0 saturated carbocycles. The molecule has 0 saturated heterocycles. The maximum Gasteiger partial charge on any atom is 0.312 e. The molecule has 2 aromatic rings. The zero-order valence-electron chi connectivity index (χ0n) is 10.7. The summed E-state index contributed by atoms with van der Waals surface area (Å²) < 4.78 is 5.10. The average molecular weight is 260 g/mol. The molecule has 5 heteroatoms. The number of hydrogen-bond donors (Lipinski definition) is 2. The van der Waals surface area contributed by atoms with Crippen molar-refractivity contribution < 1.29 is 14.4 Å². The number of carboxylic acids is 1. The van der Waals surface area contributed by atoms with Gasteiger partial charge in [0.1, 0.15) is 0 Å². The lowest BCUT2D eigenvalue weighted by molar-refractivity contribution is -0.138. The van der Waals surface area contributed by atoms with Gasteiger partial charge >= 0.3 is 5.97 Å². The van der Waals surface area contributed by atoms with Gasteiger partial charge in [-0.15, -0.1) is 0 Å². The van der Waals surface area contributed by atoms with E-state index in [0.29, 0.717) is 18.0 Å². The lowest BCUT2D eigenvalue weighted by Gasteiger charge is -2.01. The van der Waals surface area contributed by atoms with Crippen molar-refractivity contribution in [3.63, 3.8) is 0 Å². The molecular weight excluding hydrogens is 244 g/mol. The van der Waals surface area contributed by atoms with E-state index in [1.165, 1.54) is 5.56 Å². The number of carbonyl (C=O) groups is 1. The molecule has 0 aliphatic carbocycles. The van der Waals surface area contributed by atoms with Crippen LogP contribution in [0, 0.1) is 0 Å². The van der Waals surface area contributed by atoms with Crippen LogP contribution in [0.4, 0.5) is 0 Å². The van der Waals surface area contributed by atoms with Crippen molar-refractivity contribution in [2.75, 3.05) is 0 Å². The lowest BCUT2D eigenvalue weighted by atomic mass is 10.1. The van der Waals surface area contributed by atoms with Gasteiger partial charge in [-0.05, 0) is 12.5 Å². The number of rotatable bonds is 6. The van der Waals surface area contributed by atoms with Gasteiger partial charge in [-0.2, -0.15) is 0 Å². The molecule has 100 valence electrons. The maximum absolute atomic E-state index is 10.8. The van der Waals surface area contributed by atoms with Gasteiger partial charge in [0.05, 0.1) is 18.2 Å². The number of benzene rings is 1. The van der Waals surface area contributed by atoms with Crippen LogP contribution in [0.5, 0.6) is 0 Å². The Hall–Kier alpha value is -2.14. The van der Waals surface area contributed by atoms with Crippen molar-refractivity contribution in [2.24, 2.45) is 0 Å². The monoisotopic (exact) mass is 260 g/mol. The molecule has 1 aromatic carbocycles. The first-order valence-electron chi connectivity index (χ1n) is 6.09. The summed E-state index contributed by atoms with van der Waals surface area (Å²) in [7, 11) is 0. The van der Waals surface area contributed by atoms with E-state index in [1.54, 1.807) is 13.0 Å². The molecule has 0 aliphatic rings. The van der Waals surface area contributed by atoms with Crippen molar-refractivity contribution in [1.29, 1.82) is 0 Å². The quantitative estimate of drug-likeness (QED) is 0.832. The number of nitrogens with one attached hydrogen (secondary N) is 1. The highest BCUT2D eigenvalue weighted by molar-refractivity contribution is 5.74. The van der Waals surface area contributed by atoms with Crippen LogP contribution in [0.3, 0.4) is 0 Å². The van der Waals surface area contributed by atoms with E-state index < -0.39 is 11.9 Å². The van der Waals surface area contributed by atoms with Crippen LogP contribution >= 0.6 is 0 Å². The topological polar surface area (TPSA) is 75.4 Å². The lowest BCUT2D eigenvalue weighted by Crippen LogP contribution is -2.12. The zero-order chi connectivity index (χ0) is 13.7. The Balaban J connectivity index is 1.85. The fraction of sp³-hybridized carbons (Fsp3) is 0.286. The second kappa shape index (κ2) is 6.15.